The SMILES string of the molecule is C=CCn1c(C(=O)N2CCN(CC)CC2)c(C)c2cc(C(C)C)ccc21. The second-order valence-electron chi connectivity index (χ2n) is 7.53. The minimum absolute atomic E-state index is 0.155. The Bertz CT molecular complexity index is 810. The molecule has 0 radical (unpaired) electrons. The first-order chi connectivity index (χ1) is 12.5. The fourth-order valence-corrected chi connectivity index (χ4v) is 3.91. The molecule has 4 nitrogen and oxygen atoms in total. The molecular formula is C22H31N3O. The van der Waals surface area contributed by atoms with Gasteiger partial charge in [-0.3, -0.25) is 4.79 Å². The van der Waals surface area contributed by atoms with Gasteiger partial charge in [0.25, 0.3) is 5.91 Å². The molecule has 1 aromatic heterocycles. The zero-order valence-corrected chi connectivity index (χ0v) is 16.6. The number of carbonyl (C=O) groups excluding carboxylic acids is 1. The molecule has 3 rings (SSSR count). The van der Waals surface area contributed by atoms with E-state index in [4.69, 9.17) is 0 Å². The topological polar surface area (TPSA) is 28.5 Å². The Morgan fingerprint density at radius 2 is 1.92 bits per heavy atom. The molecular weight excluding hydrogens is 322 g/mol. The zero-order chi connectivity index (χ0) is 18.8. The number of allylic oxidation sites excluding steroid dienone is 1. The van der Waals surface area contributed by atoms with Crippen LogP contribution in [0.2, 0.25) is 0 Å². The third kappa shape index (κ3) is 3.30. The van der Waals surface area contributed by atoms with Gasteiger partial charge >= 0.3 is 0 Å². The van der Waals surface area contributed by atoms with Crippen LogP contribution in [0.4, 0.5) is 0 Å². The van der Waals surface area contributed by atoms with Crippen molar-refractivity contribution >= 4 is 16.8 Å². The Hall–Kier alpha value is -2.07. The van der Waals surface area contributed by atoms with E-state index in [9.17, 15) is 4.79 Å². The molecule has 1 saturated heterocycles. The molecule has 1 aliphatic rings. The first-order valence-electron chi connectivity index (χ1n) is 9.73. The molecule has 1 aliphatic heterocycles. The van der Waals surface area contributed by atoms with E-state index in [2.05, 4.69) is 61.9 Å². The molecule has 2 heterocycles. The predicted octanol–water partition coefficient (Wildman–Crippen LogP) is 4.04. The van der Waals surface area contributed by atoms with Crippen LogP contribution in [0.25, 0.3) is 10.9 Å². The quantitative estimate of drug-likeness (QED) is 0.759. The van der Waals surface area contributed by atoms with E-state index in [0.29, 0.717) is 12.5 Å². The van der Waals surface area contributed by atoms with E-state index in [1.807, 2.05) is 11.0 Å². The number of aryl methyl sites for hydroxylation is 1. The normalized spacial score (nSPS) is 15.8. The summed E-state index contributed by atoms with van der Waals surface area (Å²) in [6.45, 7) is 17.8. The summed E-state index contributed by atoms with van der Waals surface area (Å²) in [5, 5.41) is 1.19. The van der Waals surface area contributed by atoms with Crippen molar-refractivity contribution < 1.29 is 4.79 Å². The van der Waals surface area contributed by atoms with Crippen molar-refractivity contribution in [2.24, 2.45) is 0 Å². The van der Waals surface area contributed by atoms with Gasteiger partial charge in [-0.25, -0.2) is 0 Å². The summed E-state index contributed by atoms with van der Waals surface area (Å²) in [5.74, 6) is 0.630. The van der Waals surface area contributed by atoms with E-state index in [-0.39, 0.29) is 5.91 Å². The van der Waals surface area contributed by atoms with Crippen molar-refractivity contribution in [2.75, 3.05) is 32.7 Å². The van der Waals surface area contributed by atoms with Crippen LogP contribution in [0, 0.1) is 6.92 Å². The number of rotatable bonds is 5. The first-order valence-corrected chi connectivity index (χ1v) is 9.73. The van der Waals surface area contributed by atoms with Gasteiger partial charge < -0.3 is 14.4 Å². The summed E-state index contributed by atoms with van der Waals surface area (Å²) in [5.41, 5.74) is 4.35. The molecule has 0 atom stereocenters. The Kier molecular flexibility index (Phi) is 5.52. The Morgan fingerprint density at radius 3 is 2.50 bits per heavy atom. The maximum absolute atomic E-state index is 13.4. The van der Waals surface area contributed by atoms with Crippen molar-refractivity contribution in [3.8, 4) is 0 Å². The largest absolute Gasteiger partial charge is 0.335 e. The lowest BCUT2D eigenvalue weighted by Crippen LogP contribution is -2.49. The number of aromatic nitrogens is 1. The van der Waals surface area contributed by atoms with Crippen LogP contribution in [-0.4, -0.2) is 53.0 Å². The smallest absolute Gasteiger partial charge is 0.270 e. The van der Waals surface area contributed by atoms with Crippen LogP contribution in [0.15, 0.2) is 30.9 Å². The van der Waals surface area contributed by atoms with Crippen molar-refractivity contribution in [1.29, 1.82) is 0 Å². The van der Waals surface area contributed by atoms with Gasteiger partial charge in [-0.1, -0.05) is 32.9 Å². The highest BCUT2D eigenvalue weighted by Crippen LogP contribution is 2.30. The highest BCUT2D eigenvalue weighted by atomic mass is 16.2. The van der Waals surface area contributed by atoms with Gasteiger partial charge in [-0.05, 0) is 42.6 Å². The standard InChI is InChI=1S/C22H31N3O/c1-6-10-25-20-9-8-18(16(3)4)15-19(20)17(5)21(25)22(26)24-13-11-23(7-2)12-14-24/h6,8-9,15-16H,1,7,10-14H2,2-5H3. The molecule has 140 valence electrons. The van der Waals surface area contributed by atoms with Crippen molar-refractivity contribution in [3.63, 3.8) is 0 Å². The average molecular weight is 354 g/mol. The second kappa shape index (κ2) is 7.67. The molecule has 2 aromatic rings. The molecule has 1 amide bonds. The van der Waals surface area contributed by atoms with Gasteiger partial charge in [0.05, 0.1) is 0 Å². The molecule has 0 aliphatic carbocycles. The van der Waals surface area contributed by atoms with Crippen LogP contribution in [0.3, 0.4) is 0 Å². The van der Waals surface area contributed by atoms with Crippen molar-refractivity contribution in [2.45, 2.75) is 40.2 Å². The molecule has 0 bridgehead atoms. The lowest BCUT2D eigenvalue weighted by Gasteiger charge is -2.34. The summed E-state index contributed by atoms with van der Waals surface area (Å²) in [6.07, 6.45) is 1.88. The van der Waals surface area contributed by atoms with Gasteiger partial charge in [0.15, 0.2) is 0 Å². The first kappa shape index (κ1) is 18.7. The van der Waals surface area contributed by atoms with E-state index < -0.39 is 0 Å². The van der Waals surface area contributed by atoms with Crippen LogP contribution >= 0.6 is 0 Å². The van der Waals surface area contributed by atoms with E-state index >= 15 is 0 Å². The minimum Gasteiger partial charge on any atom is -0.335 e. The summed E-state index contributed by atoms with van der Waals surface area (Å²) >= 11 is 0. The molecule has 4 heteroatoms. The number of amides is 1. The molecule has 26 heavy (non-hydrogen) atoms. The Balaban J connectivity index is 2.03. The summed E-state index contributed by atoms with van der Waals surface area (Å²) in [6, 6.07) is 6.59. The van der Waals surface area contributed by atoms with Gasteiger partial charge in [0.1, 0.15) is 5.69 Å². The summed E-state index contributed by atoms with van der Waals surface area (Å²) in [4.78, 5) is 17.8. The second-order valence-corrected chi connectivity index (χ2v) is 7.53. The minimum atomic E-state index is 0.155. The van der Waals surface area contributed by atoms with E-state index in [0.717, 1.165) is 49.5 Å². The van der Waals surface area contributed by atoms with Crippen LogP contribution in [-0.2, 0) is 6.54 Å². The number of carbonyl (C=O) groups is 1. The summed E-state index contributed by atoms with van der Waals surface area (Å²) in [7, 11) is 0. The van der Waals surface area contributed by atoms with Crippen LogP contribution in [0.1, 0.15) is 48.3 Å². The lowest BCUT2D eigenvalue weighted by molar-refractivity contribution is 0.0633. The fourth-order valence-electron chi connectivity index (χ4n) is 3.91. The van der Waals surface area contributed by atoms with Gasteiger partial charge in [-0.2, -0.15) is 0 Å². The predicted molar refractivity (Wildman–Crippen MR) is 109 cm³/mol. The lowest BCUT2D eigenvalue weighted by atomic mass is 10.0. The highest BCUT2D eigenvalue weighted by molar-refractivity contribution is 6.02. The molecule has 0 unspecified atom stereocenters. The number of fused-ring (bicyclic) bond motifs is 1. The number of hydrogen-bond acceptors (Lipinski definition) is 2. The summed E-state index contributed by atoms with van der Waals surface area (Å²) < 4.78 is 2.14. The van der Waals surface area contributed by atoms with Crippen LogP contribution < -0.4 is 0 Å². The van der Waals surface area contributed by atoms with Gasteiger partial charge in [0, 0.05) is 43.6 Å². The average Bonchev–Trinajstić information content (AvgIpc) is 2.93. The maximum Gasteiger partial charge on any atom is 0.270 e. The number of nitrogens with zero attached hydrogens (tertiary/aromatic N) is 3. The zero-order valence-electron chi connectivity index (χ0n) is 16.6. The number of likely N-dealkylation sites (N-methyl/N-ethyl adjacent to an activating group) is 1. The molecule has 1 aromatic carbocycles. The Morgan fingerprint density at radius 1 is 1.23 bits per heavy atom. The number of piperazine rings is 1. The highest BCUT2D eigenvalue weighted by Gasteiger charge is 2.27. The fraction of sp³-hybridized carbons (Fsp3) is 0.500. The van der Waals surface area contributed by atoms with Crippen molar-refractivity contribution in [1.82, 2.24) is 14.4 Å². The maximum atomic E-state index is 13.4. The van der Waals surface area contributed by atoms with E-state index in [1.165, 1.54) is 10.9 Å². The van der Waals surface area contributed by atoms with Gasteiger partial charge in [-0.15, -0.1) is 6.58 Å². The van der Waals surface area contributed by atoms with Gasteiger partial charge in [0.2, 0.25) is 0 Å². The Labute approximate surface area is 157 Å². The molecule has 0 N–H and O–H groups in total. The third-order valence-corrected chi connectivity index (χ3v) is 5.63. The monoisotopic (exact) mass is 353 g/mol. The number of benzene rings is 1. The molecule has 1 fully saturated rings. The van der Waals surface area contributed by atoms with E-state index in [1.54, 1.807) is 0 Å². The number of hydrogen-bond donors (Lipinski definition) is 0. The van der Waals surface area contributed by atoms with Crippen LogP contribution in [0.5, 0.6) is 0 Å². The molecule has 0 saturated carbocycles. The molecule has 0 spiro atoms. The third-order valence-electron chi connectivity index (χ3n) is 5.63. The van der Waals surface area contributed by atoms with Crippen molar-refractivity contribution in [3.05, 3.63) is 47.7 Å².